The Balaban J connectivity index is 2.16. The molecule has 5 heteroatoms. The van der Waals surface area contributed by atoms with Crippen molar-refractivity contribution in [2.45, 2.75) is 52.0 Å². The quantitative estimate of drug-likeness (QED) is 0.875. The van der Waals surface area contributed by atoms with E-state index in [9.17, 15) is 0 Å². The van der Waals surface area contributed by atoms with Crippen molar-refractivity contribution in [3.8, 4) is 0 Å². The van der Waals surface area contributed by atoms with Crippen molar-refractivity contribution in [3.05, 3.63) is 18.2 Å². The van der Waals surface area contributed by atoms with Crippen LogP contribution in [0.5, 0.6) is 0 Å². The Morgan fingerprint density at radius 2 is 2.11 bits per heavy atom. The van der Waals surface area contributed by atoms with Gasteiger partial charge in [-0.15, -0.1) is 0 Å². The maximum Gasteiger partial charge on any atom is 0.0948 e. The van der Waals surface area contributed by atoms with Crippen LogP contribution in [0.4, 0.5) is 0 Å². The molecule has 1 fully saturated rings. The van der Waals surface area contributed by atoms with Crippen LogP contribution in [0.3, 0.4) is 0 Å². The molecule has 1 aromatic rings. The van der Waals surface area contributed by atoms with Crippen molar-refractivity contribution < 1.29 is 4.74 Å². The van der Waals surface area contributed by atoms with Crippen LogP contribution in [0.25, 0.3) is 0 Å². The summed E-state index contributed by atoms with van der Waals surface area (Å²) in [7, 11) is 0. The van der Waals surface area contributed by atoms with E-state index in [1.807, 2.05) is 12.5 Å². The fourth-order valence-corrected chi connectivity index (χ4v) is 2.97. The zero-order chi connectivity index (χ0) is 13.8. The van der Waals surface area contributed by atoms with Crippen LogP contribution in [0, 0.1) is 0 Å². The van der Waals surface area contributed by atoms with E-state index in [4.69, 9.17) is 10.5 Å². The van der Waals surface area contributed by atoms with Crippen LogP contribution < -0.4 is 5.73 Å². The average Bonchev–Trinajstić information content (AvgIpc) is 2.78. The Kier molecular flexibility index (Phi) is 4.96. The minimum Gasteiger partial charge on any atom is -0.373 e. The van der Waals surface area contributed by atoms with Gasteiger partial charge in [-0.1, -0.05) is 6.92 Å². The minimum absolute atomic E-state index is 0.239. The first-order valence-corrected chi connectivity index (χ1v) is 7.25. The predicted octanol–water partition coefficient (Wildman–Crippen LogP) is 1.40. The first-order chi connectivity index (χ1) is 9.15. The molecule has 2 rings (SSSR count). The summed E-state index contributed by atoms with van der Waals surface area (Å²) < 4.78 is 8.03. The number of aromatic nitrogens is 2. The largest absolute Gasteiger partial charge is 0.373 e. The number of aryl methyl sites for hydroxylation is 1. The summed E-state index contributed by atoms with van der Waals surface area (Å²) in [5.74, 6) is 0. The fraction of sp³-hybridized carbons (Fsp3) is 0.786. The monoisotopic (exact) mass is 266 g/mol. The molecule has 0 aromatic carbocycles. The van der Waals surface area contributed by atoms with Crippen LogP contribution in [-0.2, 0) is 11.3 Å². The van der Waals surface area contributed by atoms with Gasteiger partial charge in [0.2, 0.25) is 0 Å². The molecule has 1 aliphatic heterocycles. The minimum atomic E-state index is 0.239. The van der Waals surface area contributed by atoms with Crippen LogP contribution in [-0.4, -0.2) is 46.3 Å². The fourth-order valence-electron chi connectivity index (χ4n) is 2.97. The van der Waals surface area contributed by atoms with E-state index in [2.05, 4.69) is 35.2 Å². The standard InChI is InChI=1S/C14H26N4O/c1-4-5-17-10-16-7-14(17)13(6-15)18-8-11(2)19-12(3)9-18/h7,10-13H,4-6,8-9,15H2,1-3H3/t11-,12+,13?. The summed E-state index contributed by atoms with van der Waals surface area (Å²) in [6.07, 6.45) is 5.50. The summed E-state index contributed by atoms with van der Waals surface area (Å²) >= 11 is 0. The number of nitrogens with zero attached hydrogens (tertiary/aromatic N) is 3. The average molecular weight is 266 g/mol. The number of nitrogens with two attached hydrogens (primary N) is 1. The van der Waals surface area contributed by atoms with Crippen molar-refractivity contribution in [1.82, 2.24) is 14.5 Å². The van der Waals surface area contributed by atoms with Crippen LogP contribution in [0.1, 0.15) is 38.9 Å². The van der Waals surface area contributed by atoms with Crippen molar-refractivity contribution in [1.29, 1.82) is 0 Å². The molecule has 1 aliphatic rings. The van der Waals surface area contributed by atoms with E-state index in [1.54, 1.807) is 0 Å². The molecule has 3 atom stereocenters. The van der Waals surface area contributed by atoms with Gasteiger partial charge in [-0.2, -0.15) is 0 Å². The summed E-state index contributed by atoms with van der Waals surface area (Å²) in [4.78, 5) is 6.72. The number of hydrogen-bond donors (Lipinski definition) is 1. The zero-order valence-electron chi connectivity index (χ0n) is 12.2. The van der Waals surface area contributed by atoms with Crippen molar-refractivity contribution in [2.24, 2.45) is 5.73 Å². The highest BCUT2D eigenvalue weighted by molar-refractivity contribution is 5.07. The smallest absolute Gasteiger partial charge is 0.0948 e. The molecule has 0 spiro atoms. The van der Waals surface area contributed by atoms with Gasteiger partial charge >= 0.3 is 0 Å². The molecule has 2 heterocycles. The molecule has 2 N–H and O–H groups in total. The molecule has 5 nitrogen and oxygen atoms in total. The molecule has 0 saturated carbocycles. The van der Waals surface area contributed by atoms with E-state index in [-0.39, 0.29) is 18.2 Å². The molecule has 108 valence electrons. The third-order valence-corrected chi connectivity index (χ3v) is 3.66. The highest BCUT2D eigenvalue weighted by atomic mass is 16.5. The lowest BCUT2D eigenvalue weighted by Crippen LogP contribution is -2.49. The number of hydrogen-bond acceptors (Lipinski definition) is 4. The van der Waals surface area contributed by atoms with Crippen LogP contribution in [0.2, 0.25) is 0 Å². The van der Waals surface area contributed by atoms with E-state index in [1.165, 1.54) is 5.69 Å². The van der Waals surface area contributed by atoms with E-state index >= 15 is 0 Å². The second-order valence-corrected chi connectivity index (χ2v) is 5.47. The Bertz CT molecular complexity index is 383. The highest BCUT2D eigenvalue weighted by Crippen LogP contribution is 2.24. The third-order valence-electron chi connectivity index (χ3n) is 3.66. The molecule has 1 saturated heterocycles. The topological polar surface area (TPSA) is 56.3 Å². The SMILES string of the molecule is CCCn1cncc1C(CN)N1C[C@@H](C)O[C@@H](C)C1. The molecular weight excluding hydrogens is 240 g/mol. The summed E-state index contributed by atoms with van der Waals surface area (Å²) in [6, 6.07) is 0.239. The first kappa shape index (κ1) is 14.5. The zero-order valence-corrected chi connectivity index (χ0v) is 12.2. The van der Waals surface area contributed by atoms with E-state index in [0.29, 0.717) is 6.54 Å². The second kappa shape index (κ2) is 6.50. The first-order valence-electron chi connectivity index (χ1n) is 7.25. The number of ether oxygens (including phenoxy) is 1. The van der Waals surface area contributed by atoms with Crippen molar-refractivity contribution in [3.63, 3.8) is 0 Å². The molecule has 1 unspecified atom stereocenters. The van der Waals surface area contributed by atoms with Crippen molar-refractivity contribution in [2.75, 3.05) is 19.6 Å². The number of imidazole rings is 1. The van der Waals surface area contributed by atoms with E-state index < -0.39 is 0 Å². The number of morpholine rings is 1. The van der Waals surface area contributed by atoms with Crippen molar-refractivity contribution >= 4 is 0 Å². The van der Waals surface area contributed by atoms with Gasteiger partial charge in [0, 0.05) is 32.4 Å². The molecular formula is C14H26N4O. The Morgan fingerprint density at radius 3 is 2.68 bits per heavy atom. The molecule has 0 radical (unpaired) electrons. The van der Waals surface area contributed by atoms with Gasteiger partial charge in [-0.25, -0.2) is 4.98 Å². The summed E-state index contributed by atoms with van der Waals surface area (Å²) in [5.41, 5.74) is 7.25. The lowest BCUT2D eigenvalue weighted by atomic mass is 10.1. The second-order valence-electron chi connectivity index (χ2n) is 5.47. The van der Waals surface area contributed by atoms with Gasteiger partial charge < -0.3 is 15.0 Å². The van der Waals surface area contributed by atoms with Crippen LogP contribution >= 0.6 is 0 Å². The Morgan fingerprint density at radius 1 is 1.42 bits per heavy atom. The molecule has 0 bridgehead atoms. The van der Waals surface area contributed by atoms with E-state index in [0.717, 1.165) is 26.1 Å². The Hall–Kier alpha value is -0.910. The van der Waals surface area contributed by atoms with Gasteiger partial charge in [-0.3, -0.25) is 4.90 Å². The molecule has 0 aliphatic carbocycles. The Labute approximate surface area is 115 Å². The third kappa shape index (κ3) is 3.35. The molecule has 0 amide bonds. The van der Waals surface area contributed by atoms with Gasteiger partial charge in [0.1, 0.15) is 0 Å². The van der Waals surface area contributed by atoms with Gasteiger partial charge in [0.05, 0.1) is 30.3 Å². The summed E-state index contributed by atoms with van der Waals surface area (Å²) in [5, 5.41) is 0. The lowest BCUT2D eigenvalue weighted by molar-refractivity contribution is -0.0806. The van der Waals surface area contributed by atoms with Gasteiger partial charge in [0.25, 0.3) is 0 Å². The number of rotatable bonds is 5. The maximum absolute atomic E-state index is 6.03. The predicted molar refractivity (Wildman–Crippen MR) is 75.9 cm³/mol. The normalized spacial score (nSPS) is 26.5. The summed E-state index contributed by atoms with van der Waals surface area (Å²) in [6.45, 7) is 9.92. The molecule has 19 heavy (non-hydrogen) atoms. The highest BCUT2D eigenvalue weighted by Gasteiger charge is 2.29. The van der Waals surface area contributed by atoms with Crippen LogP contribution in [0.15, 0.2) is 12.5 Å². The maximum atomic E-state index is 6.03. The lowest BCUT2D eigenvalue weighted by Gasteiger charge is -2.40. The van der Waals surface area contributed by atoms with Gasteiger partial charge in [-0.05, 0) is 20.3 Å². The van der Waals surface area contributed by atoms with Gasteiger partial charge in [0.15, 0.2) is 0 Å². The molecule has 1 aromatic heterocycles.